The van der Waals surface area contributed by atoms with E-state index in [0.29, 0.717) is 10.8 Å². The van der Waals surface area contributed by atoms with Crippen molar-refractivity contribution in [1.82, 2.24) is 15.1 Å². The van der Waals surface area contributed by atoms with E-state index in [1.54, 1.807) is 24.3 Å². The number of rotatable bonds is 6. The first kappa shape index (κ1) is 16.0. The van der Waals surface area contributed by atoms with Crippen molar-refractivity contribution in [2.24, 2.45) is 0 Å². The topological polar surface area (TPSA) is 84.0 Å². The molecule has 0 radical (unpaired) electrons. The van der Waals surface area contributed by atoms with Crippen molar-refractivity contribution in [1.29, 1.82) is 0 Å². The lowest BCUT2D eigenvalue weighted by Crippen LogP contribution is -2.36. The summed E-state index contributed by atoms with van der Waals surface area (Å²) in [5, 5.41) is 6.17. The van der Waals surface area contributed by atoms with Crippen molar-refractivity contribution < 1.29 is 4.79 Å². The maximum Gasteiger partial charge on any atom is 0.273 e. The van der Waals surface area contributed by atoms with E-state index < -0.39 is 0 Å². The van der Waals surface area contributed by atoms with E-state index in [1.165, 1.54) is 4.68 Å². The molecular formula is C16H21N3O3. The number of aryl methyl sites for hydroxylation is 1. The summed E-state index contributed by atoms with van der Waals surface area (Å²) < 4.78 is 1.21. The van der Waals surface area contributed by atoms with Crippen molar-refractivity contribution in [2.45, 2.75) is 45.7 Å². The average Bonchev–Trinajstić information content (AvgIpc) is 2.54. The fourth-order valence-electron chi connectivity index (χ4n) is 2.41. The van der Waals surface area contributed by atoms with Gasteiger partial charge in [-0.05, 0) is 25.0 Å². The molecule has 0 unspecified atom stereocenters. The van der Waals surface area contributed by atoms with Crippen molar-refractivity contribution in [2.75, 3.05) is 0 Å². The third-order valence-corrected chi connectivity index (χ3v) is 3.80. The van der Waals surface area contributed by atoms with Gasteiger partial charge >= 0.3 is 0 Å². The summed E-state index contributed by atoms with van der Waals surface area (Å²) in [6, 6.07) is 6.81. The summed E-state index contributed by atoms with van der Waals surface area (Å²) in [4.78, 5) is 36.1. The Kier molecular flexibility index (Phi) is 5.14. The molecule has 2 rings (SSSR count). The lowest BCUT2D eigenvalue weighted by Gasteiger charge is -2.14. The Morgan fingerprint density at radius 1 is 1.18 bits per heavy atom. The third kappa shape index (κ3) is 3.44. The molecule has 1 aromatic carbocycles. The van der Waals surface area contributed by atoms with Gasteiger partial charge in [0, 0.05) is 12.5 Å². The molecule has 2 N–H and O–H groups in total. The van der Waals surface area contributed by atoms with Crippen molar-refractivity contribution >= 4 is 16.7 Å². The van der Waals surface area contributed by atoms with E-state index in [-0.39, 0.29) is 36.0 Å². The first-order valence-electron chi connectivity index (χ1n) is 7.58. The molecule has 0 atom stereocenters. The van der Waals surface area contributed by atoms with Crippen molar-refractivity contribution in [3.8, 4) is 0 Å². The largest absolute Gasteiger partial charge is 0.353 e. The molecule has 0 saturated carbocycles. The number of carbonyl (C=O) groups is 1. The summed E-state index contributed by atoms with van der Waals surface area (Å²) in [7, 11) is 0. The van der Waals surface area contributed by atoms with Gasteiger partial charge < -0.3 is 5.32 Å². The molecule has 0 spiro atoms. The van der Waals surface area contributed by atoms with Crippen LogP contribution in [0.2, 0.25) is 0 Å². The van der Waals surface area contributed by atoms with Crippen LogP contribution in [0.15, 0.2) is 33.9 Å². The molecule has 1 aromatic heterocycles. The molecule has 22 heavy (non-hydrogen) atoms. The minimum absolute atomic E-state index is 0.116. The quantitative estimate of drug-likeness (QED) is 0.845. The molecule has 0 bridgehead atoms. The number of aromatic amines is 1. The maximum atomic E-state index is 12.3. The van der Waals surface area contributed by atoms with E-state index in [0.717, 1.165) is 12.8 Å². The Hall–Kier alpha value is -2.37. The zero-order chi connectivity index (χ0) is 16.1. The fraction of sp³-hybridized carbons (Fsp3) is 0.438. The highest BCUT2D eigenvalue weighted by molar-refractivity contribution is 5.80. The Bertz CT molecular complexity index is 772. The van der Waals surface area contributed by atoms with Crippen LogP contribution in [0.4, 0.5) is 0 Å². The van der Waals surface area contributed by atoms with Gasteiger partial charge in [-0.1, -0.05) is 26.0 Å². The summed E-state index contributed by atoms with van der Waals surface area (Å²) >= 11 is 0. The molecule has 0 aliphatic rings. The van der Waals surface area contributed by atoms with Crippen LogP contribution in [0.3, 0.4) is 0 Å². The number of carbonyl (C=O) groups excluding carboxylic acids is 1. The normalized spacial score (nSPS) is 11.0. The predicted octanol–water partition coefficient (Wildman–Crippen LogP) is 1.38. The molecule has 1 heterocycles. The fourth-order valence-corrected chi connectivity index (χ4v) is 2.41. The smallest absolute Gasteiger partial charge is 0.273 e. The zero-order valence-electron chi connectivity index (χ0n) is 12.9. The van der Waals surface area contributed by atoms with Gasteiger partial charge in [0.25, 0.3) is 11.1 Å². The van der Waals surface area contributed by atoms with Gasteiger partial charge in [0.15, 0.2) is 0 Å². The van der Waals surface area contributed by atoms with Gasteiger partial charge in [-0.2, -0.15) is 0 Å². The summed E-state index contributed by atoms with van der Waals surface area (Å²) in [6.45, 7) is 4.18. The van der Waals surface area contributed by atoms with Gasteiger partial charge in [0.1, 0.15) is 0 Å². The van der Waals surface area contributed by atoms with Crippen LogP contribution in [-0.4, -0.2) is 21.7 Å². The van der Waals surface area contributed by atoms with Gasteiger partial charge in [0.2, 0.25) is 5.91 Å². The second kappa shape index (κ2) is 7.06. The van der Waals surface area contributed by atoms with Crippen LogP contribution in [0.25, 0.3) is 10.8 Å². The molecule has 1 amide bonds. The Morgan fingerprint density at radius 3 is 2.45 bits per heavy atom. The molecule has 118 valence electrons. The first-order chi connectivity index (χ1) is 10.6. The molecule has 0 aliphatic carbocycles. The van der Waals surface area contributed by atoms with Gasteiger partial charge in [-0.15, -0.1) is 0 Å². The van der Waals surface area contributed by atoms with Crippen molar-refractivity contribution in [3.05, 3.63) is 45.0 Å². The monoisotopic (exact) mass is 303 g/mol. The van der Waals surface area contributed by atoms with Crippen LogP contribution in [0, 0.1) is 0 Å². The molecular weight excluding hydrogens is 282 g/mol. The van der Waals surface area contributed by atoms with Crippen LogP contribution >= 0.6 is 0 Å². The minimum atomic E-state index is -0.324. The van der Waals surface area contributed by atoms with Gasteiger partial charge in [-0.3, -0.25) is 19.5 Å². The molecule has 2 aromatic rings. The van der Waals surface area contributed by atoms with Crippen LogP contribution in [-0.2, 0) is 11.3 Å². The molecule has 0 saturated heterocycles. The molecule has 0 fully saturated rings. The number of amides is 1. The van der Waals surface area contributed by atoms with E-state index in [4.69, 9.17) is 0 Å². The molecule has 6 nitrogen and oxygen atoms in total. The Balaban J connectivity index is 2.16. The highest BCUT2D eigenvalue weighted by Gasteiger charge is 2.10. The third-order valence-electron chi connectivity index (χ3n) is 3.80. The molecule has 0 aliphatic heterocycles. The summed E-state index contributed by atoms with van der Waals surface area (Å²) in [5.74, 6) is -0.116. The SMILES string of the molecule is CCC(CC)NC(=O)CCn1[nH]c(=O)c2ccccc2c1=O. The van der Waals surface area contributed by atoms with Crippen LogP contribution in [0.1, 0.15) is 33.1 Å². The zero-order valence-corrected chi connectivity index (χ0v) is 12.9. The lowest BCUT2D eigenvalue weighted by molar-refractivity contribution is -0.122. The number of nitrogens with one attached hydrogen (secondary N) is 2. The summed E-state index contributed by atoms with van der Waals surface area (Å²) in [5.41, 5.74) is -0.610. The van der Waals surface area contributed by atoms with E-state index in [2.05, 4.69) is 10.4 Å². The Morgan fingerprint density at radius 2 is 1.82 bits per heavy atom. The van der Waals surface area contributed by atoms with E-state index in [9.17, 15) is 14.4 Å². The number of H-pyrrole nitrogens is 1. The predicted molar refractivity (Wildman–Crippen MR) is 86.0 cm³/mol. The van der Waals surface area contributed by atoms with Gasteiger partial charge in [0.05, 0.1) is 17.3 Å². The number of hydrogen-bond acceptors (Lipinski definition) is 3. The Labute approximate surface area is 128 Å². The highest BCUT2D eigenvalue weighted by atomic mass is 16.2. The number of aromatic nitrogens is 2. The van der Waals surface area contributed by atoms with Crippen molar-refractivity contribution in [3.63, 3.8) is 0 Å². The van der Waals surface area contributed by atoms with Gasteiger partial charge in [-0.25, -0.2) is 4.68 Å². The van der Waals surface area contributed by atoms with Crippen LogP contribution in [0.5, 0.6) is 0 Å². The lowest BCUT2D eigenvalue weighted by atomic mass is 10.1. The minimum Gasteiger partial charge on any atom is -0.353 e. The average molecular weight is 303 g/mol. The standard InChI is InChI=1S/C16H21N3O3/c1-3-11(4-2)17-14(20)9-10-19-16(22)13-8-6-5-7-12(13)15(21)18-19/h5-8,11H,3-4,9-10H2,1-2H3,(H,17,20)(H,18,21). The number of benzene rings is 1. The number of nitrogens with zero attached hydrogens (tertiary/aromatic N) is 1. The van der Waals surface area contributed by atoms with E-state index in [1.807, 2.05) is 13.8 Å². The highest BCUT2D eigenvalue weighted by Crippen LogP contribution is 2.03. The number of fused-ring (bicyclic) bond motifs is 1. The maximum absolute atomic E-state index is 12.3. The second-order valence-corrected chi connectivity index (χ2v) is 5.27. The van der Waals surface area contributed by atoms with Crippen LogP contribution < -0.4 is 16.4 Å². The molecule has 6 heteroatoms. The second-order valence-electron chi connectivity index (χ2n) is 5.27. The summed E-state index contributed by atoms with van der Waals surface area (Å²) in [6.07, 6.45) is 1.90. The van der Waals surface area contributed by atoms with E-state index >= 15 is 0 Å². The number of hydrogen-bond donors (Lipinski definition) is 2. The first-order valence-corrected chi connectivity index (χ1v) is 7.58.